The molecule has 0 saturated carbocycles. The van der Waals surface area contributed by atoms with Gasteiger partial charge in [-0.2, -0.15) is 0 Å². The number of likely N-dealkylation sites (N-methyl/N-ethyl adjacent to an activating group) is 1. The van der Waals surface area contributed by atoms with Crippen LogP contribution in [0.3, 0.4) is 0 Å². The van der Waals surface area contributed by atoms with E-state index in [1.54, 1.807) is 37.5 Å². The summed E-state index contributed by atoms with van der Waals surface area (Å²) in [6.45, 7) is 7.04. The van der Waals surface area contributed by atoms with Crippen molar-refractivity contribution in [3.63, 3.8) is 0 Å². The van der Waals surface area contributed by atoms with Gasteiger partial charge in [0.15, 0.2) is 11.5 Å². The van der Waals surface area contributed by atoms with E-state index in [-0.39, 0.29) is 18.4 Å². The van der Waals surface area contributed by atoms with E-state index < -0.39 is 0 Å². The number of rotatable bonds is 11. The third kappa shape index (κ3) is 7.37. The quantitative estimate of drug-likeness (QED) is 0.550. The summed E-state index contributed by atoms with van der Waals surface area (Å²) in [7, 11) is 1.56. The number of carbonyl (C=O) groups is 2. The molecule has 166 valence electrons. The molecule has 31 heavy (non-hydrogen) atoms. The van der Waals surface area contributed by atoms with Gasteiger partial charge < -0.3 is 24.4 Å². The number of nitrogens with zero attached hydrogens (tertiary/aromatic N) is 1. The Bertz CT molecular complexity index is 911. The second-order valence-corrected chi connectivity index (χ2v) is 6.54. The summed E-state index contributed by atoms with van der Waals surface area (Å²) in [4.78, 5) is 26.4. The van der Waals surface area contributed by atoms with Crippen molar-refractivity contribution in [1.82, 2.24) is 4.90 Å². The van der Waals surface area contributed by atoms with Crippen LogP contribution in [0.2, 0.25) is 0 Å². The maximum absolute atomic E-state index is 12.6. The minimum Gasteiger partial charge on any atom is -0.497 e. The molecule has 7 nitrogen and oxygen atoms in total. The Morgan fingerprint density at radius 2 is 1.74 bits per heavy atom. The van der Waals surface area contributed by atoms with E-state index in [4.69, 9.17) is 14.2 Å². The first-order valence-electron chi connectivity index (χ1n) is 10.3. The van der Waals surface area contributed by atoms with E-state index in [1.807, 2.05) is 39.0 Å². The highest BCUT2D eigenvalue weighted by Crippen LogP contribution is 2.29. The number of hydrogen-bond acceptors (Lipinski definition) is 5. The average Bonchev–Trinajstić information content (AvgIpc) is 2.77. The van der Waals surface area contributed by atoms with Gasteiger partial charge in [0.05, 0.1) is 20.3 Å². The van der Waals surface area contributed by atoms with Crippen LogP contribution >= 0.6 is 0 Å². The maximum Gasteiger partial charge on any atom is 0.247 e. The Balaban J connectivity index is 2.02. The summed E-state index contributed by atoms with van der Waals surface area (Å²) in [6.07, 6.45) is 3.15. The Kier molecular flexibility index (Phi) is 9.42. The molecule has 0 fully saturated rings. The lowest BCUT2D eigenvalue weighted by Crippen LogP contribution is -2.36. The van der Waals surface area contributed by atoms with Crippen molar-refractivity contribution in [3.05, 3.63) is 54.1 Å². The highest BCUT2D eigenvalue weighted by atomic mass is 16.5. The molecule has 0 radical (unpaired) electrons. The van der Waals surface area contributed by atoms with Crippen LogP contribution < -0.4 is 19.5 Å². The zero-order valence-corrected chi connectivity index (χ0v) is 18.5. The topological polar surface area (TPSA) is 77.1 Å². The number of carbonyl (C=O) groups excluding carboxylic acids is 2. The van der Waals surface area contributed by atoms with E-state index in [0.717, 1.165) is 5.56 Å². The summed E-state index contributed by atoms with van der Waals surface area (Å²) in [6, 6.07) is 12.6. The molecule has 0 aliphatic carbocycles. The summed E-state index contributed by atoms with van der Waals surface area (Å²) >= 11 is 0. The summed E-state index contributed by atoms with van der Waals surface area (Å²) in [5, 5.41) is 2.78. The zero-order valence-electron chi connectivity index (χ0n) is 18.5. The molecule has 2 aromatic rings. The number of benzene rings is 2. The highest BCUT2D eigenvalue weighted by Gasteiger charge is 2.14. The molecule has 0 spiro atoms. The minimum atomic E-state index is -0.281. The maximum atomic E-state index is 12.6. The fourth-order valence-electron chi connectivity index (χ4n) is 2.86. The second-order valence-electron chi connectivity index (χ2n) is 6.54. The summed E-state index contributed by atoms with van der Waals surface area (Å²) in [5.41, 5.74) is 1.42. The lowest BCUT2D eigenvalue weighted by molar-refractivity contribution is -0.130. The molecule has 0 aliphatic heterocycles. The molecule has 0 bridgehead atoms. The lowest BCUT2D eigenvalue weighted by Gasteiger charge is -2.18. The Hall–Kier alpha value is -3.48. The second kappa shape index (κ2) is 12.3. The Morgan fingerprint density at radius 3 is 2.42 bits per heavy atom. The van der Waals surface area contributed by atoms with E-state index in [1.165, 1.54) is 11.0 Å². The van der Waals surface area contributed by atoms with Crippen molar-refractivity contribution in [2.45, 2.75) is 20.8 Å². The van der Waals surface area contributed by atoms with Gasteiger partial charge in [-0.3, -0.25) is 9.59 Å². The van der Waals surface area contributed by atoms with Crippen molar-refractivity contribution in [3.8, 4) is 17.2 Å². The molecular weight excluding hydrogens is 396 g/mol. The molecule has 2 rings (SSSR count). The third-order valence-electron chi connectivity index (χ3n) is 4.37. The van der Waals surface area contributed by atoms with Crippen LogP contribution in [0.5, 0.6) is 17.2 Å². The number of methoxy groups -OCH3 is 1. The lowest BCUT2D eigenvalue weighted by atomic mass is 10.2. The number of nitrogens with one attached hydrogen (secondary N) is 1. The molecule has 2 amide bonds. The van der Waals surface area contributed by atoms with Gasteiger partial charge in [0, 0.05) is 24.4 Å². The first-order chi connectivity index (χ1) is 15.0. The SMILES string of the molecule is CCOc1ccc(/C=C/C(=O)N(CC)CC(=O)Nc2cccc(OC)c2)cc1OCC. The smallest absolute Gasteiger partial charge is 0.247 e. The molecule has 0 aliphatic rings. The van der Waals surface area contributed by atoms with Crippen LogP contribution in [0, 0.1) is 0 Å². The van der Waals surface area contributed by atoms with E-state index in [0.29, 0.717) is 42.7 Å². The number of hydrogen-bond donors (Lipinski definition) is 1. The minimum absolute atomic E-state index is 0.0512. The molecule has 0 heterocycles. The van der Waals surface area contributed by atoms with E-state index in [9.17, 15) is 9.59 Å². The number of ether oxygens (including phenoxy) is 3. The number of anilines is 1. The van der Waals surface area contributed by atoms with Gasteiger partial charge >= 0.3 is 0 Å². The zero-order chi connectivity index (χ0) is 22.6. The van der Waals surface area contributed by atoms with Crippen molar-refractivity contribution in [2.24, 2.45) is 0 Å². The van der Waals surface area contributed by atoms with Gasteiger partial charge in [-0.1, -0.05) is 12.1 Å². The van der Waals surface area contributed by atoms with Crippen LogP contribution in [0.25, 0.3) is 6.08 Å². The molecule has 0 atom stereocenters. The van der Waals surface area contributed by atoms with Crippen LogP contribution in [-0.2, 0) is 9.59 Å². The fourth-order valence-corrected chi connectivity index (χ4v) is 2.86. The third-order valence-corrected chi connectivity index (χ3v) is 4.37. The summed E-state index contributed by atoms with van der Waals surface area (Å²) in [5.74, 6) is 1.40. The normalized spacial score (nSPS) is 10.6. The van der Waals surface area contributed by atoms with Gasteiger partial charge in [0.25, 0.3) is 0 Å². The summed E-state index contributed by atoms with van der Waals surface area (Å²) < 4.78 is 16.3. The highest BCUT2D eigenvalue weighted by molar-refractivity contribution is 5.98. The van der Waals surface area contributed by atoms with Crippen LogP contribution in [0.4, 0.5) is 5.69 Å². The first-order valence-corrected chi connectivity index (χ1v) is 10.3. The Labute approximate surface area is 183 Å². The van der Waals surface area contributed by atoms with E-state index >= 15 is 0 Å². The fraction of sp³-hybridized carbons (Fsp3) is 0.333. The molecule has 0 unspecified atom stereocenters. The van der Waals surface area contributed by atoms with Gasteiger partial charge in [-0.05, 0) is 56.7 Å². The van der Waals surface area contributed by atoms with Crippen LogP contribution in [0.15, 0.2) is 48.5 Å². The standard InChI is InChI=1S/C24H30N2O5/c1-5-26(17-23(27)25-19-9-8-10-20(16-19)29-4)24(28)14-12-18-11-13-21(30-6-2)22(15-18)31-7-3/h8-16H,5-7,17H2,1-4H3,(H,25,27)/b14-12+. The van der Waals surface area contributed by atoms with Crippen molar-refractivity contribution < 1.29 is 23.8 Å². The Morgan fingerprint density at radius 1 is 1.00 bits per heavy atom. The van der Waals surface area contributed by atoms with E-state index in [2.05, 4.69) is 5.32 Å². The van der Waals surface area contributed by atoms with Gasteiger partial charge in [-0.15, -0.1) is 0 Å². The average molecular weight is 427 g/mol. The van der Waals surface area contributed by atoms with Gasteiger partial charge in [0.1, 0.15) is 12.3 Å². The molecule has 7 heteroatoms. The van der Waals surface area contributed by atoms with Crippen LogP contribution in [0.1, 0.15) is 26.3 Å². The first kappa shape index (κ1) is 23.8. The van der Waals surface area contributed by atoms with Gasteiger partial charge in [0.2, 0.25) is 11.8 Å². The van der Waals surface area contributed by atoms with Crippen LogP contribution in [-0.4, -0.2) is 50.1 Å². The van der Waals surface area contributed by atoms with Gasteiger partial charge in [-0.25, -0.2) is 0 Å². The molecular formula is C24H30N2O5. The van der Waals surface area contributed by atoms with Crippen molar-refractivity contribution >= 4 is 23.6 Å². The molecule has 0 aromatic heterocycles. The van der Waals surface area contributed by atoms with Crippen molar-refractivity contribution in [1.29, 1.82) is 0 Å². The molecule has 2 aromatic carbocycles. The largest absolute Gasteiger partial charge is 0.497 e. The molecule has 1 N–H and O–H groups in total. The number of amides is 2. The molecule has 0 saturated heterocycles. The van der Waals surface area contributed by atoms with Crippen molar-refractivity contribution in [2.75, 3.05) is 38.7 Å². The predicted octanol–water partition coefficient (Wildman–Crippen LogP) is 3.99. The monoisotopic (exact) mass is 426 g/mol. The predicted molar refractivity (Wildman–Crippen MR) is 122 cm³/mol.